The zero-order chi connectivity index (χ0) is 23.7. The lowest BCUT2D eigenvalue weighted by Gasteiger charge is -2.13. The number of para-hydroxylation sites is 1. The van der Waals surface area contributed by atoms with Gasteiger partial charge in [-0.05, 0) is 72.6 Å². The molecule has 33 heavy (non-hydrogen) atoms. The van der Waals surface area contributed by atoms with Crippen LogP contribution in [-0.4, -0.2) is 34.8 Å². The third-order valence-electron chi connectivity index (χ3n) is 5.45. The molecule has 0 spiro atoms. The molecular weight excluding hydrogens is 444 g/mol. The second-order valence-electron chi connectivity index (χ2n) is 7.61. The number of ether oxygens (including phenoxy) is 1. The van der Waals surface area contributed by atoms with E-state index in [0.717, 1.165) is 22.3 Å². The van der Waals surface area contributed by atoms with Gasteiger partial charge in [0.2, 0.25) is 0 Å². The molecule has 0 amide bonds. The van der Waals surface area contributed by atoms with Crippen molar-refractivity contribution in [2.45, 2.75) is 33.9 Å². The maximum absolute atomic E-state index is 12.3. The number of hydrogen-bond donors (Lipinski definition) is 0. The highest BCUT2D eigenvalue weighted by Crippen LogP contribution is 2.30. The maximum atomic E-state index is 12.3. The van der Waals surface area contributed by atoms with Crippen LogP contribution in [0.2, 0.25) is 0 Å². The molecule has 0 radical (unpaired) electrons. The number of tetrazole rings is 1. The van der Waals surface area contributed by atoms with E-state index >= 15 is 0 Å². The van der Waals surface area contributed by atoms with Crippen molar-refractivity contribution < 1.29 is 9.53 Å². The van der Waals surface area contributed by atoms with Gasteiger partial charge in [-0.15, -0.1) is 0 Å². The Labute approximate surface area is 195 Å². The zero-order valence-corrected chi connectivity index (χ0v) is 19.5. The summed E-state index contributed by atoms with van der Waals surface area (Å²) in [4.78, 5) is 24.1. The number of aryl methyl sites for hydroxylation is 3. The molecule has 0 aliphatic carbocycles. The second kappa shape index (κ2) is 9.03. The second-order valence-corrected chi connectivity index (χ2v) is 7.95. The van der Waals surface area contributed by atoms with Crippen molar-refractivity contribution in [1.82, 2.24) is 29.6 Å². The number of nitrogens with zero attached hydrogens (tertiary/aromatic N) is 6. The lowest BCUT2D eigenvalue weighted by molar-refractivity contribution is 0.107. The lowest BCUT2D eigenvalue weighted by atomic mass is 10.0. The number of carbonyl (C=O) groups excluding carboxylic acids is 1. The van der Waals surface area contributed by atoms with Crippen molar-refractivity contribution in [3.05, 3.63) is 75.3 Å². The zero-order valence-electron chi connectivity index (χ0n) is 18.7. The van der Waals surface area contributed by atoms with Crippen molar-refractivity contribution in [3.8, 4) is 22.7 Å². The first kappa shape index (κ1) is 22.5. The Morgan fingerprint density at radius 2 is 1.88 bits per heavy atom. The van der Waals surface area contributed by atoms with E-state index in [1.807, 2.05) is 57.2 Å². The first-order valence-corrected chi connectivity index (χ1v) is 10.8. The lowest BCUT2D eigenvalue weighted by Crippen LogP contribution is -2.23. The molecule has 0 saturated heterocycles. The van der Waals surface area contributed by atoms with Crippen LogP contribution in [0.3, 0.4) is 0 Å². The largest absolute Gasteiger partial charge is 0.489 e. The van der Waals surface area contributed by atoms with Gasteiger partial charge in [0.15, 0.2) is 0 Å². The summed E-state index contributed by atoms with van der Waals surface area (Å²) in [7, 11) is 1.55. The smallest absolute Gasteiger partial charge is 0.368 e. The van der Waals surface area contributed by atoms with Gasteiger partial charge in [0.1, 0.15) is 18.1 Å². The van der Waals surface area contributed by atoms with E-state index < -0.39 is 5.24 Å². The Morgan fingerprint density at radius 1 is 1.12 bits per heavy atom. The summed E-state index contributed by atoms with van der Waals surface area (Å²) >= 11 is 5.77. The van der Waals surface area contributed by atoms with E-state index in [1.165, 1.54) is 9.36 Å². The summed E-state index contributed by atoms with van der Waals surface area (Å²) in [5.74, 6) is 0.696. The summed E-state index contributed by atoms with van der Waals surface area (Å²) in [6, 6.07) is 13.1. The van der Waals surface area contributed by atoms with Crippen molar-refractivity contribution in [1.29, 1.82) is 0 Å². The Kier molecular flexibility index (Phi) is 6.15. The van der Waals surface area contributed by atoms with Gasteiger partial charge in [0.05, 0.1) is 11.4 Å². The minimum atomic E-state index is -0.523. The molecule has 2 heterocycles. The average molecular weight is 467 g/mol. The molecule has 0 atom stereocenters. The Bertz CT molecular complexity index is 1400. The minimum Gasteiger partial charge on any atom is -0.489 e. The fourth-order valence-corrected chi connectivity index (χ4v) is 3.96. The highest BCUT2D eigenvalue weighted by molar-refractivity contribution is 6.67. The highest BCUT2D eigenvalue weighted by atomic mass is 35.5. The van der Waals surface area contributed by atoms with Gasteiger partial charge in [-0.25, -0.2) is 4.79 Å². The van der Waals surface area contributed by atoms with Crippen LogP contribution < -0.4 is 10.4 Å². The van der Waals surface area contributed by atoms with Gasteiger partial charge in [0, 0.05) is 30.3 Å². The van der Waals surface area contributed by atoms with E-state index in [0.29, 0.717) is 29.4 Å². The van der Waals surface area contributed by atoms with Crippen LogP contribution in [0, 0.1) is 13.8 Å². The molecule has 0 saturated carbocycles. The van der Waals surface area contributed by atoms with E-state index in [2.05, 4.69) is 15.5 Å². The molecular formula is C23H23ClN6O3. The van der Waals surface area contributed by atoms with E-state index in [9.17, 15) is 9.59 Å². The number of halogens is 1. The third-order valence-corrected chi connectivity index (χ3v) is 5.63. The van der Waals surface area contributed by atoms with Crippen LogP contribution in [0.15, 0.2) is 47.3 Å². The molecule has 0 fully saturated rings. The van der Waals surface area contributed by atoms with Crippen molar-refractivity contribution in [2.24, 2.45) is 7.05 Å². The molecule has 0 unspecified atom stereocenters. The minimum absolute atomic E-state index is 0.244. The first-order valence-electron chi connectivity index (χ1n) is 10.4. The van der Waals surface area contributed by atoms with Crippen LogP contribution >= 0.6 is 11.6 Å². The van der Waals surface area contributed by atoms with Crippen molar-refractivity contribution >= 4 is 16.8 Å². The number of rotatable bonds is 7. The van der Waals surface area contributed by atoms with Gasteiger partial charge in [-0.1, -0.05) is 18.2 Å². The molecule has 10 heteroatoms. The molecule has 0 N–H and O–H groups in total. The normalized spacial score (nSPS) is 11.1. The van der Waals surface area contributed by atoms with Gasteiger partial charge < -0.3 is 4.74 Å². The van der Waals surface area contributed by atoms with E-state index in [1.54, 1.807) is 17.8 Å². The summed E-state index contributed by atoms with van der Waals surface area (Å²) in [6.07, 6.45) is 0. The Hall–Kier alpha value is -3.72. The van der Waals surface area contributed by atoms with Gasteiger partial charge in [0.25, 0.3) is 5.24 Å². The molecule has 9 nitrogen and oxygen atoms in total. The highest BCUT2D eigenvalue weighted by Gasteiger charge is 2.20. The fraction of sp³-hybridized carbons (Fsp3) is 0.261. The molecule has 0 aliphatic heterocycles. The molecule has 2 aromatic carbocycles. The summed E-state index contributed by atoms with van der Waals surface area (Å²) in [5.41, 5.74) is 4.72. The van der Waals surface area contributed by atoms with Gasteiger partial charge >= 0.3 is 5.69 Å². The fourth-order valence-electron chi connectivity index (χ4n) is 3.72. The Morgan fingerprint density at radius 3 is 2.48 bits per heavy atom. The number of benzene rings is 2. The maximum Gasteiger partial charge on any atom is 0.368 e. The van der Waals surface area contributed by atoms with E-state index in [-0.39, 0.29) is 12.3 Å². The molecule has 0 aliphatic rings. The van der Waals surface area contributed by atoms with Crippen LogP contribution in [-0.2, 0) is 20.2 Å². The van der Waals surface area contributed by atoms with Gasteiger partial charge in [-0.3, -0.25) is 9.48 Å². The van der Waals surface area contributed by atoms with E-state index in [4.69, 9.17) is 16.3 Å². The number of hydrogen-bond acceptors (Lipinski definition) is 6. The quantitative estimate of drug-likeness (QED) is 0.387. The van der Waals surface area contributed by atoms with Crippen LogP contribution in [0.4, 0.5) is 0 Å². The monoisotopic (exact) mass is 466 g/mol. The molecule has 2 aromatic heterocycles. The van der Waals surface area contributed by atoms with Crippen LogP contribution in [0.5, 0.6) is 5.75 Å². The van der Waals surface area contributed by atoms with Gasteiger partial charge in [-0.2, -0.15) is 14.5 Å². The topological polar surface area (TPSA) is 96.8 Å². The molecule has 4 aromatic rings. The predicted octanol–water partition coefficient (Wildman–Crippen LogP) is 3.42. The average Bonchev–Trinajstić information content (AvgIpc) is 3.32. The number of aromatic nitrogens is 6. The molecule has 0 bridgehead atoms. The first-order chi connectivity index (χ1) is 15.8. The van der Waals surface area contributed by atoms with Crippen LogP contribution in [0.25, 0.3) is 16.9 Å². The SMILES string of the molecule is CCn1nc(-c2ccc(OCc3ccccc3-n3nnn(C)c3=O)c(C)c2)c(C)c1C(=O)Cl. The Balaban J connectivity index is 1.60. The summed E-state index contributed by atoms with van der Waals surface area (Å²) in [6.45, 7) is 6.48. The molecule has 170 valence electrons. The van der Waals surface area contributed by atoms with Crippen LogP contribution in [0.1, 0.15) is 34.1 Å². The summed E-state index contributed by atoms with van der Waals surface area (Å²) in [5, 5.41) is 11.7. The standard InChI is InChI=1S/C23H23ClN6O3/c1-5-29-21(22(24)31)15(3)20(25-29)16-10-11-19(14(2)12-16)33-13-17-8-6-7-9-18(17)30-23(32)28(4)26-27-30/h6-12H,5,13H2,1-4H3. The third kappa shape index (κ3) is 4.19. The number of carbonyl (C=O) groups is 1. The summed E-state index contributed by atoms with van der Waals surface area (Å²) < 4.78 is 10.1. The van der Waals surface area contributed by atoms with Crippen molar-refractivity contribution in [2.75, 3.05) is 0 Å². The predicted molar refractivity (Wildman–Crippen MR) is 124 cm³/mol. The van der Waals surface area contributed by atoms with Crippen molar-refractivity contribution in [3.63, 3.8) is 0 Å². The molecule has 4 rings (SSSR count).